The first kappa shape index (κ1) is 9.77. The molecule has 1 aromatic carbocycles. The minimum atomic E-state index is -1.16. The van der Waals surface area contributed by atoms with Crippen molar-refractivity contribution in [3.05, 3.63) is 34.6 Å². The Morgan fingerprint density at radius 2 is 1.77 bits per heavy atom. The Morgan fingerprint density at radius 3 is 2.23 bits per heavy atom. The number of carbonyl (C=O) groups excluding carboxylic acids is 1. The van der Waals surface area contributed by atoms with E-state index in [1.807, 2.05) is 0 Å². The van der Waals surface area contributed by atoms with Crippen LogP contribution in [-0.4, -0.2) is 5.78 Å². The summed E-state index contributed by atoms with van der Waals surface area (Å²) in [7, 11) is 0. The first-order chi connectivity index (χ1) is 5.95. The van der Waals surface area contributed by atoms with Crippen molar-refractivity contribution in [3.8, 4) is 0 Å². The lowest BCUT2D eigenvalue weighted by Gasteiger charge is -2.04. The van der Waals surface area contributed by atoms with Crippen LogP contribution in [0.1, 0.15) is 22.8 Å². The summed E-state index contributed by atoms with van der Waals surface area (Å²) >= 11 is 0. The Kier molecular flexibility index (Phi) is 2.40. The van der Waals surface area contributed by atoms with Gasteiger partial charge in [0.15, 0.2) is 5.78 Å². The molecule has 0 atom stereocenters. The number of hydrogen-bond donors (Lipinski definition) is 0. The third-order valence-electron chi connectivity index (χ3n) is 1.75. The largest absolute Gasteiger partial charge is 0.294 e. The van der Waals surface area contributed by atoms with Gasteiger partial charge in [-0.15, -0.1) is 0 Å². The lowest BCUT2D eigenvalue weighted by atomic mass is 10.1. The molecular weight excluding hydrogens is 181 g/mol. The Bertz CT molecular complexity index is 372. The fourth-order valence-corrected chi connectivity index (χ4v) is 1.01. The Labute approximate surface area is 73.2 Å². The van der Waals surface area contributed by atoms with Crippen molar-refractivity contribution < 1.29 is 18.0 Å². The molecule has 0 aliphatic heterocycles. The lowest BCUT2D eigenvalue weighted by molar-refractivity contribution is 0.100. The number of hydrogen-bond acceptors (Lipinski definition) is 1. The van der Waals surface area contributed by atoms with E-state index < -0.39 is 28.8 Å². The predicted molar refractivity (Wildman–Crippen MR) is 41.1 cm³/mol. The highest BCUT2D eigenvalue weighted by Crippen LogP contribution is 2.19. The first-order valence-electron chi connectivity index (χ1n) is 3.60. The van der Waals surface area contributed by atoms with Gasteiger partial charge in [0, 0.05) is 11.6 Å². The second kappa shape index (κ2) is 3.20. The Balaban J connectivity index is 3.53. The van der Waals surface area contributed by atoms with Crippen LogP contribution < -0.4 is 0 Å². The van der Waals surface area contributed by atoms with Gasteiger partial charge >= 0.3 is 0 Å². The third-order valence-corrected chi connectivity index (χ3v) is 1.75. The predicted octanol–water partition coefficient (Wildman–Crippen LogP) is 2.61. The van der Waals surface area contributed by atoms with Crippen LogP contribution in [0, 0.1) is 24.4 Å². The minimum Gasteiger partial charge on any atom is -0.294 e. The van der Waals surface area contributed by atoms with Gasteiger partial charge in [-0.2, -0.15) is 0 Å². The molecule has 0 fully saturated rings. The number of halogens is 3. The summed E-state index contributed by atoms with van der Waals surface area (Å²) in [5.41, 5.74) is -1.02. The van der Waals surface area contributed by atoms with E-state index in [0.717, 1.165) is 13.8 Å². The average Bonchev–Trinajstić information content (AvgIpc) is 1.99. The van der Waals surface area contributed by atoms with Crippen LogP contribution in [0.3, 0.4) is 0 Å². The quantitative estimate of drug-likeness (QED) is 0.619. The van der Waals surface area contributed by atoms with E-state index in [1.165, 1.54) is 0 Å². The molecular formula is C9H7F3O. The van der Waals surface area contributed by atoms with Gasteiger partial charge < -0.3 is 0 Å². The fourth-order valence-electron chi connectivity index (χ4n) is 1.01. The summed E-state index contributed by atoms with van der Waals surface area (Å²) in [4.78, 5) is 10.7. The van der Waals surface area contributed by atoms with Gasteiger partial charge in [0.05, 0.1) is 5.56 Å². The molecule has 1 aromatic rings. The van der Waals surface area contributed by atoms with Crippen LogP contribution in [0.4, 0.5) is 13.2 Å². The molecule has 0 aliphatic rings. The van der Waals surface area contributed by atoms with Crippen LogP contribution in [0.25, 0.3) is 0 Å². The molecule has 0 radical (unpaired) electrons. The maximum absolute atomic E-state index is 13.1. The summed E-state index contributed by atoms with van der Waals surface area (Å²) in [6.07, 6.45) is 0. The molecule has 0 heterocycles. The molecule has 0 saturated carbocycles. The number of benzene rings is 1. The highest BCUT2D eigenvalue weighted by atomic mass is 19.1. The maximum Gasteiger partial charge on any atom is 0.165 e. The second-order valence-corrected chi connectivity index (χ2v) is 2.71. The molecule has 0 aliphatic carbocycles. The summed E-state index contributed by atoms with van der Waals surface area (Å²) in [5, 5.41) is 0. The van der Waals surface area contributed by atoms with Crippen molar-refractivity contribution in [3.63, 3.8) is 0 Å². The molecule has 0 aromatic heterocycles. The molecule has 0 saturated heterocycles. The van der Waals surface area contributed by atoms with Crippen LogP contribution in [-0.2, 0) is 0 Å². The summed E-state index contributed by atoms with van der Waals surface area (Å²) in [6, 6.07) is 0.509. The number of rotatable bonds is 1. The highest BCUT2D eigenvalue weighted by molar-refractivity contribution is 5.94. The fraction of sp³-hybridized carbons (Fsp3) is 0.222. The number of carbonyl (C=O) groups is 1. The SMILES string of the molecule is CC(=O)c1c(F)cc(F)c(C)c1F. The Morgan fingerprint density at radius 1 is 1.23 bits per heavy atom. The van der Waals surface area contributed by atoms with Gasteiger partial charge in [-0.1, -0.05) is 0 Å². The minimum absolute atomic E-state index is 0.341. The van der Waals surface area contributed by atoms with E-state index in [4.69, 9.17) is 0 Å². The van der Waals surface area contributed by atoms with Gasteiger partial charge in [-0.25, -0.2) is 13.2 Å². The van der Waals surface area contributed by atoms with Crippen molar-refractivity contribution >= 4 is 5.78 Å². The molecule has 0 amide bonds. The van der Waals surface area contributed by atoms with Crippen molar-refractivity contribution in [2.45, 2.75) is 13.8 Å². The second-order valence-electron chi connectivity index (χ2n) is 2.71. The van der Waals surface area contributed by atoms with Gasteiger partial charge in [0.2, 0.25) is 0 Å². The van der Waals surface area contributed by atoms with Crippen molar-refractivity contribution in [1.82, 2.24) is 0 Å². The van der Waals surface area contributed by atoms with E-state index in [2.05, 4.69) is 0 Å². The normalized spacial score (nSPS) is 10.2. The molecule has 0 spiro atoms. The van der Waals surface area contributed by atoms with Gasteiger partial charge in [-0.05, 0) is 13.8 Å². The maximum atomic E-state index is 13.1. The van der Waals surface area contributed by atoms with Crippen molar-refractivity contribution in [2.24, 2.45) is 0 Å². The smallest absolute Gasteiger partial charge is 0.165 e. The van der Waals surface area contributed by atoms with Crippen LogP contribution in [0.5, 0.6) is 0 Å². The van der Waals surface area contributed by atoms with Crippen molar-refractivity contribution in [1.29, 1.82) is 0 Å². The van der Waals surface area contributed by atoms with Gasteiger partial charge in [-0.3, -0.25) is 4.79 Å². The van der Waals surface area contributed by atoms with Crippen LogP contribution >= 0.6 is 0 Å². The molecule has 70 valence electrons. The summed E-state index contributed by atoms with van der Waals surface area (Å²) in [5.74, 6) is -4.02. The third kappa shape index (κ3) is 1.56. The zero-order valence-electron chi connectivity index (χ0n) is 7.12. The molecule has 1 rings (SSSR count). The highest BCUT2D eigenvalue weighted by Gasteiger charge is 2.18. The van der Waals surface area contributed by atoms with Crippen LogP contribution in [0.2, 0.25) is 0 Å². The average molecular weight is 188 g/mol. The van der Waals surface area contributed by atoms with Crippen molar-refractivity contribution in [2.75, 3.05) is 0 Å². The van der Waals surface area contributed by atoms with E-state index in [0.29, 0.717) is 6.07 Å². The van der Waals surface area contributed by atoms with E-state index in [-0.39, 0.29) is 5.56 Å². The molecule has 0 N–H and O–H groups in total. The molecule has 0 bridgehead atoms. The van der Waals surface area contributed by atoms with Gasteiger partial charge in [0.1, 0.15) is 17.5 Å². The monoisotopic (exact) mass is 188 g/mol. The van der Waals surface area contributed by atoms with E-state index >= 15 is 0 Å². The summed E-state index contributed by atoms with van der Waals surface area (Å²) < 4.78 is 38.6. The van der Waals surface area contributed by atoms with E-state index in [9.17, 15) is 18.0 Å². The molecule has 4 heteroatoms. The number of Topliss-reactive ketones (excluding diaryl/α,β-unsaturated/α-hetero) is 1. The zero-order chi connectivity index (χ0) is 10.2. The van der Waals surface area contributed by atoms with E-state index in [1.54, 1.807) is 0 Å². The standard InChI is InChI=1S/C9H7F3O/c1-4-6(10)3-7(11)8(5(2)13)9(4)12/h3H,1-2H3. The molecule has 1 nitrogen and oxygen atoms in total. The zero-order valence-corrected chi connectivity index (χ0v) is 7.12. The topological polar surface area (TPSA) is 17.1 Å². The summed E-state index contributed by atoms with van der Waals surface area (Å²) in [6.45, 7) is 2.18. The molecule has 13 heavy (non-hydrogen) atoms. The first-order valence-corrected chi connectivity index (χ1v) is 3.60. The Hall–Kier alpha value is -1.32. The van der Waals surface area contributed by atoms with Gasteiger partial charge in [0.25, 0.3) is 0 Å². The van der Waals surface area contributed by atoms with Crippen LogP contribution in [0.15, 0.2) is 6.07 Å². The number of ketones is 1. The lowest BCUT2D eigenvalue weighted by Crippen LogP contribution is -2.05. The molecule has 0 unspecified atom stereocenters.